The maximum atomic E-state index is 12.8. The highest BCUT2D eigenvalue weighted by atomic mass is 35.5. The number of halogens is 2. The van der Waals surface area contributed by atoms with Gasteiger partial charge in [-0.05, 0) is 30.7 Å². The van der Waals surface area contributed by atoms with E-state index < -0.39 is 6.04 Å². The number of alkyl halides is 2. The third-order valence-corrected chi connectivity index (χ3v) is 4.44. The summed E-state index contributed by atoms with van der Waals surface area (Å²) in [6.07, 6.45) is 1.55. The Hall–Kier alpha value is -1.91. The van der Waals surface area contributed by atoms with E-state index in [0.29, 0.717) is 37.0 Å². The minimum absolute atomic E-state index is 0.301. The SMILES string of the molecule is CCCC(Nc1ccccc1)C(=O)Oc1ccccc1N(CCCl)CCCl. The Morgan fingerprint density at radius 1 is 1.04 bits per heavy atom. The molecule has 146 valence electrons. The van der Waals surface area contributed by atoms with Gasteiger partial charge in [-0.15, -0.1) is 23.2 Å². The fourth-order valence-electron chi connectivity index (χ4n) is 2.81. The van der Waals surface area contributed by atoms with Crippen LogP contribution in [-0.4, -0.2) is 36.9 Å². The average Bonchev–Trinajstić information content (AvgIpc) is 2.69. The lowest BCUT2D eigenvalue weighted by molar-refractivity contribution is -0.135. The van der Waals surface area contributed by atoms with Gasteiger partial charge in [-0.3, -0.25) is 0 Å². The van der Waals surface area contributed by atoms with E-state index in [-0.39, 0.29) is 5.97 Å². The zero-order chi connectivity index (χ0) is 19.5. The van der Waals surface area contributed by atoms with Crippen LogP contribution in [0.15, 0.2) is 54.6 Å². The van der Waals surface area contributed by atoms with Crippen LogP contribution in [0.1, 0.15) is 19.8 Å². The Bertz CT molecular complexity index is 692. The molecule has 1 N–H and O–H groups in total. The second-order valence-corrected chi connectivity index (χ2v) is 6.86. The lowest BCUT2D eigenvalue weighted by Gasteiger charge is -2.26. The molecule has 1 unspecified atom stereocenters. The standard InChI is InChI=1S/C21H26Cl2N2O2/c1-2-8-18(24-17-9-4-3-5-10-17)21(26)27-20-12-7-6-11-19(20)25(15-13-22)16-14-23/h3-7,9-12,18,24H,2,8,13-16H2,1H3. The average molecular weight is 409 g/mol. The summed E-state index contributed by atoms with van der Waals surface area (Å²) in [7, 11) is 0. The van der Waals surface area contributed by atoms with E-state index in [2.05, 4.69) is 5.32 Å². The van der Waals surface area contributed by atoms with Crippen LogP contribution in [0.25, 0.3) is 0 Å². The largest absolute Gasteiger partial charge is 0.423 e. The molecule has 0 aromatic heterocycles. The van der Waals surface area contributed by atoms with Crippen molar-refractivity contribution in [1.29, 1.82) is 0 Å². The number of hydrogen-bond donors (Lipinski definition) is 1. The van der Waals surface area contributed by atoms with Crippen molar-refractivity contribution in [3.63, 3.8) is 0 Å². The van der Waals surface area contributed by atoms with Gasteiger partial charge >= 0.3 is 5.97 Å². The Balaban J connectivity index is 2.17. The monoisotopic (exact) mass is 408 g/mol. The molecule has 0 fully saturated rings. The molecule has 27 heavy (non-hydrogen) atoms. The van der Waals surface area contributed by atoms with Crippen LogP contribution in [0, 0.1) is 0 Å². The quantitative estimate of drug-likeness (QED) is 0.316. The summed E-state index contributed by atoms with van der Waals surface area (Å²) in [5, 5.41) is 3.27. The van der Waals surface area contributed by atoms with Crippen molar-refractivity contribution in [3.8, 4) is 5.75 Å². The molecule has 0 amide bonds. The fourth-order valence-corrected chi connectivity index (χ4v) is 3.22. The van der Waals surface area contributed by atoms with E-state index >= 15 is 0 Å². The number of carbonyl (C=O) groups is 1. The molecule has 2 rings (SSSR count). The summed E-state index contributed by atoms with van der Waals surface area (Å²) in [5.41, 5.74) is 1.72. The molecule has 0 aliphatic carbocycles. The van der Waals surface area contributed by atoms with Crippen LogP contribution in [0.3, 0.4) is 0 Å². The van der Waals surface area contributed by atoms with Crippen molar-refractivity contribution in [2.75, 3.05) is 35.1 Å². The van der Waals surface area contributed by atoms with Gasteiger partial charge in [0.15, 0.2) is 5.75 Å². The molecule has 0 aliphatic heterocycles. The lowest BCUT2D eigenvalue weighted by atomic mass is 10.1. The highest BCUT2D eigenvalue weighted by molar-refractivity contribution is 6.18. The Kier molecular flexibility index (Phi) is 9.29. The molecule has 0 bridgehead atoms. The minimum atomic E-state index is -0.417. The lowest BCUT2D eigenvalue weighted by Crippen LogP contribution is -2.34. The van der Waals surface area contributed by atoms with E-state index in [1.165, 1.54) is 0 Å². The van der Waals surface area contributed by atoms with Crippen molar-refractivity contribution < 1.29 is 9.53 Å². The van der Waals surface area contributed by atoms with Gasteiger partial charge in [-0.2, -0.15) is 0 Å². The van der Waals surface area contributed by atoms with E-state index in [1.54, 1.807) is 6.07 Å². The molecule has 4 nitrogen and oxygen atoms in total. The van der Waals surface area contributed by atoms with Crippen LogP contribution < -0.4 is 15.0 Å². The molecule has 0 spiro atoms. The van der Waals surface area contributed by atoms with Crippen molar-refractivity contribution in [2.45, 2.75) is 25.8 Å². The second kappa shape index (κ2) is 11.7. The molecule has 2 aromatic rings. The molecular formula is C21H26Cl2N2O2. The van der Waals surface area contributed by atoms with Crippen LogP contribution >= 0.6 is 23.2 Å². The number of hydrogen-bond acceptors (Lipinski definition) is 4. The summed E-state index contributed by atoms with van der Waals surface area (Å²) in [6, 6.07) is 16.7. The van der Waals surface area contributed by atoms with E-state index in [9.17, 15) is 4.79 Å². The highest BCUT2D eigenvalue weighted by Gasteiger charge is 2.22. The van der Waals surface area contributed by atoms with Gasteiger partial charge < -0.3 is 15.0 Å². The topological polar surface area (TPSA) is 41.6 Å². The first-order valence-corrected chi connectivity index (χ1v) is 10.3. The van der Waals surface area contributed by atoms with E-state index in [1.807, 2.05) is 60.4 Å². The predicted octanol–water partition coefficient (Wildman–Crippen LogP) is 5.16. The summed E-state index contributed by atoms with van der Waals surface area (Å²) in [6.45, 7) is 3.30. The number of nitrogens with zero attached hydrogens (tertiary/aromatic N) is 1. The molecule has 0 heterocycles. The van der Waals surface area contributed by atoms with Gasteiger partial charge in [0.25, 0.3) is 0 Å². The predicted molar refractivity (Wildman–Crippen MR) is 114 cm³/mol. The van der Waals surface area contributed by atoms with Gasteiger partial charge in [0.1, 0.15) is 6.04 Å². The molecule has 0 saturated heterocycles. The number of para-hydroxylation sites is 3. The Morgan fingerprint density at radius 2 is 1.67 bits per heavy atom. The van der Waals surface area contributed by atoms with Crippen LogP contribution in [0.5, 0.6) is 5.75 Å². The number of rotatable bonds is 11. The number of esters is 1. The maximum absolute atomic E-state index is 12.8. The van der Waals surface area contributed by atoms with Crippen LogP contribution in [0.2, 0.25) is 0 Å². The third-order valence-electron chi connectivity index (χ3n) is 4.10. The van der Waals surface area contributed by atoms with Gasteiger partial charge in [-0.1, -0.05) is 43.7 Å². The minimum Gasteiger partial charge on any atom is -0.423 e. The molecule has 0 saturated carbocycles. The van der Waals surface area contributed by atoms with Crippen molar-refractivity contribution in [2.24, 2.45) is 0 Å². The van der Waals surface area contributed by atoms with Crippen LogP contribution in [-0.2, 0) is 4.79 Å². The molecule has 1 atom stereocenters. The van der Waals surface area contributed by atoms with Crippen molar-refractivity contribution in [1.82, 2.24) is 0 Å². The third kappa shape index (κ3) is 6.64. The van der Waals surface area contributed by atoms with E-state index in [4.69, 9.17) is 27.9 Å². The molecule has 0 radical (unpaired) electrons. The Labute approximate surface area is 171 Å². The number of anilines is 2. The first-order chi connectivity index (χ1) is 13.2. The maximum Gasteiger partial charge on any atom is 0.334 e. The van der Waals surface area contributed by atoms with Gasteiger partial charge in [0.2, 0.25) is 0 Å². The first-order valence-electron chi connectivity index (χ1n) is 9.18. The summed E-state index contributed by atoms with van der Waals surface area (Å²) in [5.74, 6) is 1.15. The number of benzene rings is 2. The van der Waals surface area contributed by atoms with Crippen molar-refractivity contribution in [3.05, 3.63) is 54.6 Å². The number of ether oxygens (including phenoxy) is 1. The molecular weight excluding hydrogens is 383 g/mol. The second-order valence-electron chi connectivity index (χ2n) is 6.11. The van der Waals surface area contributed by atoms with Gasteiger partial charge in [0, 0.05) is 30.5 Å². The van der Waals surface area contributed by atoms with E-state index in [0.717, 1.165) is 17.8 Å². The first kappa shape index (κ1) is 21.4. The zero-order valence-corrected chi connectivity index (χ0v) is 17.0. The fraction of sp³-hybridized carbons (Fsp3) is 0.381. The summed E-state index contributed by atoms with van der Waals surface area (Å²) >= 11 is 11.8. The zero-order valence-electron chi connectivity index (χ0n) is 15.5. The Morgan fingerprint density at radius 3 is 2.30 bits per heavy atom. The summed E-state index contributed by atoms with van der Waals surface area (Å²) < 4.78 is 5.78. The normalized spacial score (nSPS) is 11.7. The molecule has 0 aliphatic rings. The van der Waals surface area contributed by atoms with Crippen molar-refractivity contribution >= 4 is 40.5 Å². The van der Waals surface area contributed by atoms with Gasteiger partial charge in [-0.25, -0.2) is 4.79 Å². The smallest absolute Gasteiger partial charge is 0.334 e. The summed E-state index contributed by atoms with van der Waals surface area (Å²) in [4.78, 5) is 14.9. The molecule has 2 aromatic carbocycles. The highest BCUT2D eigenvalue weighted by Crippen LogP contribution is 2.29. The number of nitrogens with one attached hydrogen (secondary N) is 1. The van der Waals surface area contributed by atoms with Crippen LogP contribution in [0.4, 0.5) is 11.4 Å². The van der Waals surface area contributed by atoms with Gasteiger partial charge in [0.05, 0.1) is 5.69 Å². The molecule has 6 heteroatoms. The number of carbonyl (C=O) groups excluding carboxylic acids is 1.